The molecule has 0 bridgehead atoms. The van der Waals surface area contributed by atoms with Gasteiger partial charge in [-0.1, -0.05) is 41.9 Å². The third kappa shape index (κ3) is 5.11. The lowest BCUT2D eigenvalue weighted by atomic mass is 10.0. The molecule has 0 spiro atoms. The third-order valence-electron chi connectivity index (χ3n) is 5.64. The number of nitrogens with zero attached hydrogens (tertiary/aromatic N) is 3. The van der Waals surface area contributed by atoms with Crippen LogP contribution in [0, 0.1) is 0 Å². The van der Waals surface area contributed by atoms with Gasteiger partial charge in [-0.2, -0.15) is 0 Å². The maximum atomic E-state index is 13.1. The van der Waals surface area contributed by atoms with Crippen molar-refractivity contribution < 1.29 is 28.6 Å². The summed E-state index contributed by atoms with van der Waals surface area (Å²) in [5.41, 5.74) is 2.59. The number of carbonyl (C=O) groups is 2. The Kier molecular flexibility index (Phi) is 7.54. The van der Waals surface area contributed by atoms with Gasteiger partial charge in [-0.3, -0.25) is 9.69 Å². The van der Waals surface area contributed by atoms with Crippen molar-refractivity contribution in [3.63, 3.8) is 0 Å². The van der Waals surface area contributed by atoms with E-state index in [-0.39, 0.29) is 10.9 Å². The molecule has 2 aromatic heterocycles. The minimum atomic E-state index is -0.584. The van der Waals surface area contributed by atoms with Crippen molar-refractivity contribution in [2.45, 2.75) is 43.1 Å². The Morgan fingerprint density at radius 1 is 1.38 bits per heavy atom. The van der Waals surface area contributed by atoms with E-state index in [0.29, 0.717) is 30.0 Å². The molecule has 1 N–H and O–H groups in total. The van der Waals surface area contributed by atoms with Crippen LogP contribution in [0.1, 0.15) is 39.7 Å². The fourth-order valence-corrected chi connectivity index (χ4v) is 6.12. The van der Waals surface area contributed by atoms with Crippen molar-refractivity contribution >= 4 is 40.0 Å². The van der Waals surface area contributed by atoms with Crippen molar-refractivity contribution in [2.24, 2.45) is 7.05 Å². The van der Waals surface area contributed by atoms with Gasteiger partial charge >= 0.3 is 5.97 Å². The molecule has 0 aliphatic carbocycles. The van der Waals surface area contributed by atoms with Crippen molar-refractivity contribution in [1.82, 2.24) is 10.2 Å². The maximum absolute atomic E-state index is 13.1. The molecule has 1 unspecified atom stereocenters. The number of hydrogen-bond acceptors (Lipinski definition) is 9. The van der Waals surface area contributed by atoms with E-state index in [1.807, 2.05) is 25.1 Å². The number of thioether (sulfide) groups is 1. The molecule has 0 saturated carbocycles. The number of thiophene rings is 1. The number of nitrogens with one attached hydrogen (secondary N) is 1. The smallest absolute Gasteiger partial charge is 0.341 e. The Labute approximate surface area is 205 Å². The summed E-state index contributed by atoms with van der Waals surface area (Å²) in [6.45, 7) is 4.17. The Morgan fingerprint density at radius 2 is 2.15 bits per heavy atom. The van der Waals surface area contributed by atoms with Gasteiger partial charge in [0.25, 0.3) is 5.03 Å². The monoisotopic (exact) mass is 502 g/mol. The topological polar surface area (TPSA) is 112 Å². The fourth-order valence-electron chi connectivity index (χ4n) is 3.92. The number of methoxy groups -OCH3 is 1. The van der Waals surface area contributed by atoms with E-state index in [2.05, 4.69) is 32.1 Å². The predicted molar refractivity (Wildman–Crippen MR) is 126 cm³/mol. The van der Waals surface area contributed by atoms with E-state index < -0.39 is 17.2 Å². The normalized spacial score (nSPS) is 14.4. The second-order valence-corrected chi connectivity index (χ2v) is 10.2. The molecule has 0 fully saturated rings. The number of ether oxygens (including phenoxy) is 1. The van der Waals surface area contributed by atoms with Crippen LogP contribution in [-0.2, 0) is 36.1 Å². The van der Waals surface area contributed by atoms with Crippen molar-refractivity contribution in [2.75, 3.05) is 19.0 Å². The Hall–Kier alpha value is -2.89. The summed E-state index contributed by atoms with van der Waals surface area (Å²) in [4.78, 5) is 29.2. The Morgan fingerprint density at radius 3 is 2.79 bits per heavy atom. The summed E-state index contributed by atoms with van der Waals surface area (Å²) < 4.78 is 11.0. The van der Waals surface area contributed by atoms with Gasteiger partial charge in [-0.25, -0.2) is 4.79 Å². The minimum absolute atomic E-state index is 0.247. The van der Waals surface area contributed by atoms with Crippen LogP contribution in [0.4, 0.5) is 5.00 Å². The van der Waals surface area contributed by atoms with Crippen LogP contribution in [0.25, 0.3) is 0 Å². The molecule has 1 aliphatic rings. The lowest BCUT2D eigenvalue weighted by molar-refractivity contribution is -0.772. The second-order valence-electron chi connectivity index (χ2n) is 7.94. The highest BCUT2D eigenvalue weighted by Gasteiger charge is 2.31. The van der Waals surface area contributed by atoms with Crippen LogP contribution >= 0.6 is 23.1 Å². The van der Waals surface area contributed by atoms with Crippen LogP contribution in [0.3, 0.4) is 0 Å². The number of anilines is 1. The van der Waals surface area contributed by atoms with E-state index in [0.717, 1.165) is 35.3 Å². The summed E-state index contributed by atoms with van der Waals surface area (Å²) in [6.07, 6.45) is 1.17. The molecule has 180 valence electrons. The molecule has 1 aromatic carbocycles. The van der Waals surface area contributed by atoms with Gasteiger partial charge in [-0.15, -0.1) is 11.3 Å². The lowest BCUT2D eigenvalue weighted by Gasteiger charge is -2.27. The molecule has 9 nitrogen and oxygen atoms in total. The van der Waals surface area contributed by atoms with E-state index in [4.69, 9.17) is 4.74 Å². The predicted octanol–water partition coefficient (Wildman–Crippen LogP) is 2.49. The lowest BCUT2D eigenvalue weighted by Crippen LogP contribution is -2.34. The highest BCUT2D eigenvalue weighted by Crippen LogP contribution is 2.39. The second kappa shape index (κ2) is 10.6. The Balaban J connectivity index is 1.54. The summed E-state index contributed by atoms with van der Waals surface area (Å²) >= 11 is 2.50. The molecule has 3 heterocycles. The molecule has 34 heavy (non-hydrogen) atoms. The number of aromatic nitrogens is 2. The van der Waals surface area contributed by atoms with Crippen LogP contribution in [0.5, 0.6) is 5.95 Å². The van der Waals surface area contributed by atoms with Gasteiger partial charge in [0.2, 0.25) is 5.91 Å². The van der Waals surface area contributed by atoms with Crippen molar-refractivity contribution in [3.05, 3.63) is 51.9 Å². The van der Waals surface area contributed by atoms with E-state index in [9.17, 15) is 14.7 Å². The van der Waals surface area contributed by atoms with Gasteiger partial charge in [0.1, 0.15) is 5.00 Å². The first-order chi connectivity index (χ1) is 16.4. The SMILES string of the molecule is CCC(Sc1c([O-])on[n+]1C)C(=O)Nc1sc2c(c1C(=O)OC)CCN(Cc1ccccc1)C2. The number of hydrogen-bond donors (Lipinski definition) is 1. The van der Waals surface area contributed by atoms with Gasteiger partial charge < -0.3 is 19.7 Å². The zero-order valence-electron chi connectivity index (χ0n) is 19.2. The number of amides is 1. The number of carbonyl (C=O) groups excluding carboxylic acids is 2. The molecular weight excluding hydrogens is 476 g/mol. The third-order valence-corrected chi connectivity index (χ3v) is 8.26. The van der Waals surface area contributed by atoms with Gasteiger partial charge in [0.05, 0.1) is 23.2 Å². The van der Waals surface area contributed by atoms with E-state index >= 15 is 0 Å². The van der Waals surface area contributed by atoms with Crippen LogP contribution < -0.4 is 15.1 Å². The fraction of sp³-hybridized carbons (Fsp3) is 0.391. The average Bonchev–Trinajstić information content (AvgIpc) is 3.35. The first-order valence-corrected chi connectivity index (χ1v) is 12.6. The average molecular weight is 503 g/mol. The molecule has 11 heteroatoms. The summed E-state index contributed by atoms with van der Waals surface area (Å²) in [7, 11) is 2.93. The van der Waals surface area contributed by atoms with Crippen molar-refractivity contribution in [3.8, 4) is 5.95 Å². The zero-order chi connectivity index (χ0) is 24.2. The Bertz CT molecular complexity index is 1160. The largest absolute Gasteiger partial charge is 0.538 e. The molecule has 4 rings (SSSR count). The highest BCUT2D eigenvalue weighted by atomic mass is 32.2. The van der Waals surface area contributed by atoms with E-state index in [1.165, 1.54) is 28.7 Å². The molecule has 3 aromatic rings. The molecule has 0 radical (unpaired) electrons. The quantitative estimate of drug-likeness (QED) is 0.284. The minimum Gasteiger partial charge on any atom is -0.538 e. The summed E-state index contributed by atoms with van der Waals surface area (Å²) in [5.74, 6) is -1.34. The number of aryl methyl sites for hydroxylation is 1. The van der Waals surface area contributed by atoms with E-state index in [1.54, 1.807) is 7.05 Å². The molecule has 0 saturated heterocycles. The number of benzene rings is 1. The van der Waals surface area contributed by atoms with Crippen LogP contribution in [0.2, 0.25) is 0 Å². The maximum Gasteiger partial charge on any atom is 0.341 e. The first kappa shape index (κ1) is 24.2. The molecule has 1 atom stereocenters. The standard InChI is InChI=1S/C23H26N4O5S2/c1-4-16(34-21-23(30)32-25-26(21)2)19(28)24-20-18(22(29)31-3)15-10-11-27(13-17(15)33-20)12-14-8-6-5-7-9-14/h5-9,16H,4,10-13H2,1-3H3,(H-,24,25,28,29,30). The number of fused-ring (bicyclic) bond motifs is 1. The summed E-state index contributed by atoms with van der Waals surface area (Å²) in [6, 6.07) is 10.2. The van der Waals surface area contributed by atoms with Gasteiger partial charge in [0.15, 0.2) is 13.0 Å². The summed E-state index contributed by atoms with van der Waals surface area (Å²) in [5, 5.41) is 18.6. The molecule has 1 amide bonds. The molecular formula is C23H26N4O5S2. The number of rotatable bonds is 8. The first-order valence-electron chi connectivity index (χ1n) is 10.9. The van der Waals surface area contributed by atoms with Crippen molar-refractivity contribution in [1.29, 1.82) is 0 Å². The van der Waals surface area contributed by atoms with Crippen LogP contribution in [-0.4, -0.2) is 41.0 Å². The highest BCUT2D eigenvalue weighted by molar-refractivity contribution is 8.00. The molecule has 1 aliphatic heterocycles. The van der Waals surface area contributed by atoms with Crippen LogP contribution in [0.15, 0.2) is 39.9 Å². The van der Waals surface area contributed by atoms with Gasteiger partial charge in [0, 0.05) is 24.5 Å². The zero-order valence-corrected chi connectivity index (χ0v) is 20.8. The van der Waals surface area contributed by atoms with Gasteiger partial charge in [-0.05, 0) is 35.7 Å². The number of esters is 1.